The van der Waals surface area contributed by atoms with Gasteiger partial charge in [0.2, 0.25) is 0 Å². The summed E-state index contributed by atoms with van der Waals surface area (Å²) in [5.41, 5.74) is 0. The molecule has 1 rings (SSSR count). The molecule has 0 radical (unpaired) electrons. The number of aliphatic hydroxyl groups excluding tert-OH is 2. The van der Waals surface area contributed by atoms with E-state index in [-0.39, 0.29) is 44.6 Å². The minimum atomic E-state index is -3.03. The molecule has 0 amide bonds. The first-order valence-corrected chi connectivity index (χ1v) is 7.76. The van der Waals surface area contributed by atoms with Crippen LogP contribution in [0, 0.1) is 0 Å². The van der Waals surface area contributed by atoms with Gasteiger partial charge in [-0.3, -0.25) is 4.21 Å². The van der Waals surface area contributed by atoms with Crippen LogP contribution in [0.5, 0.6) is 5.75 Å². The topological polar surface area (TPSA) is 100 Å². The summed E-state index contributed by atoms with van der Waals surface area (Å²) in [6, 6.07) is 6.02. The second-order valence-corrected chi connectivity index (χ2v) is 6.50. The molecule has 1 atom stereocenters. The van der Waals surface area contributed by atoms with Gasteiger partial charge in [-0.1, -0.05) is 12.1 Å². The number of aromatic hydroxyl groups is 1. The van der Waals surface area contributed by atoms with E-state index in [0.717, 1.165) is 0 Å². The third kappa shape index (κ3) is 17.6. The summed E-state index contributed by atoms with van der Waals surface area (Å²) in [5, 5.41) is 25.2. The Balaban J connectivity index is -0.000000272. The van der Waals surface area contributed by atoms with Gasteiger partial charge in [0.25, 0.3) is 0 Å². The van der Waals surface area contributed by atoms with Crippen molar-refractivity contribution in [2.75, 3.05) is 6.26 Å². The van der Waals surface area contributed by atoms with Gasteiger partial charge in [0.05, 0.1) is 4.90 Å². The normalized spacial score (nSPS) is 12.2. The number of aliphatic hydroxyl groups is 2. The number of rotatable bonds is 1. The first kappa shape index (κ1) is 24.6. The Bertz CT molecular complexity index is 436. The average molecular weight is 338 g/mol. The fourth-order valence-corrected chi connectivity index (χ4v) is 1.56. The van der Waals surface area contributed by atoms with Crippen molar-refractivity contribution in [2.45, 2.75) is 44.8 Å². The summed E-state index contributed by atoms with van der Waals surface area (Å²) in [6.45, 7) is 6.89. The predicted molar refractivity (Wildman–Crippen MR) is 78.5 cm³/mol. The fourth-order valence-electron chi connectivity index (χ4n) is 0.777. The van der Waals surface area contributed by atoms with Gasteiger partial charge in [0.15, 0.2) is 0 Å². The quantitative estimate of drug-likeness (QED) is 0.683. The number of hydrogen-bond donors (Lipinski definition) is 3. The Morgan fingerprint density at radius 3 is 1.55 bits per heavy atom. The van der Waals surface area contributed by atoms with Crippen LogP contribution in [-0.2, 0) is 31.4 Å². The second-order valence-electron chi connectivity index (χ2n) is 4.46. The van der Waals surface area contributed by atoms with Crippen LogP contribution in [0.1, 0.15) is 27.7 Å². The predicted octanol–water partition coefficient (Wildman–Crippen LogP) is 2.19. The zero-order valence-electron chi connectivity index (χ0n) is 12.6. The summed E-state index contributed by atoms with van der Waals surface area (Å²) in [5.74, 6) is -0.137. The first-order valence-electron chi connectivity index (χ1n) is 5.84. The molecule has 20 heavy (non-hydrogen) atoms. The van der Waals surface area contributed by atoms with Gasteiger partial charge < -0.3 is 20.1 Å². The molecule has 0 aliphatic rings. The van der Waals surface area contributed by atoms with E-state index in [1.165, 1.54) is 18.4 Å². The van der Waals surface area contributed by atoms with Gasteiger partial charge in [-0.15, -0.1) is 9.73 Å². The Morgan fingerprint density at radius 2 is 1.35 bits per heavy atom. The van der Waals surface area contributed by atoms with E-state index >= 15 is 0 Å². The molecule has 0 heterocycles. The van der Waals surface area contributed by atoms with E-state index in [4.69, 9.17) is 20.1 Å². The third-order valence-electron chi connectivity index (χ3n) is 1.27. The Labute approximate surface area is 136 Å². The number of hydrogen-bond acceptors (Lipinski definition) is 4. The van der Waals surface area contributed by atoms with E-state index in [2.05, 4.69) is 0 Å². The maximum atomic E-state index is 11.0. The molecule has 1 aromatic rings. The average Bonchev–Trinajstić information content (AvgIpc) is 2.14. The van der Waals surface area contributed by atoms with Gasteiger partial charge in [-0.2, -0.15) is 0 Å². The SMILES string of the molecule is CC(C)O.CC(C)O.C[S@@](=[N-])(=O)c1ccccc1O.[Ti]. The van der Waals surface area contributed by atoms with Crippen molar-refractivity contribution < 1.29 is 41.2 Å². The standard InChI is InChI=1S/C7H8NO2S.2C3H8O.Ti/c1-11(8,10)7-5-3-2-4-6(7)9;2*1-3(2)4;/h2-5,9H,1H3;2*3-4H,1-2H3;/q-1;;;/t11-;;;/m1.../s1. The minimum absolute atomic E-state index is 0. The Kier molecular flexibility index (Phi) is 15.2. The maximum absolute atomic E-state index is 11.0. The van der Waals surface area contributed by atoms with Gasteiger partial charge >= 0.3 is 0 Å². The van der Waals surface area contributed by atoms with Crippen molar-refractivity contribution in [2.24, 2.45) is 0 Å². The van der Waals surface area contributed by atoms with E-state index in [9.17, 15) is 4.21 Å². The largest absolute Gasteiger partial charge is 0.747 e. The van der Waals surface area contributed by atoms with Crippen molar-refractivity contribution in [1.82, 2.24) is 0 Å². The van der Waals surface area contributed by atoms with Crippen molar-refractivity contribution in [3.05, 3.63) is 29.0 Å². The molecule has 116 valence electrons. The monoisotopic (exact) mass is 338 g/mol. The third-order valence-corrected chi connectivity index (χ3v) is 2.43. The first-order chi connectivity index (χ1) is 8.48. The van der Waals surface area contributed by atoms with E-state index in [0.29, 0.717) is 0 Å². The zero-order chi connectivity index (χ0) is 15.6. The number of phenolic OH excluding ortho intramolecular Hbond substituents is 1. The summed E-state index contributed by atoms with van der Waals surface area (Å²) in [7, 11) is -3.03. The van der Waals surface area contributed by atoms with Crippen LogP contribution in [0.4, 0.5) is 0 Å². The summed E-state index contributed by atoms with van der Waals surface area (Å²) >= 11 is 0. The van der Waals surface area contributed by atoms with Crippen molar-refractivity contribution >= 4 is 9.73 Å². The van der Waals surface area contributed by atoms with Crippen LogP contribution in [0.2, 0.25) is 0 Å². The smallest absolute Gasteiger partial charge is 0.129 e. The molecule has 0 unspecified atom stereocenters. The molecule has 0 saturated heterocycles. The van der Waals surface area contributed by atoms with Crippen LogP contribution in [-0.4, -0.2) is 38.0 Å². The molecule has 0 bridgehead atoms. The molecule has 0 fully saturated rings. The molecule has 0 aliphatic carbocycles. The Hall–Kier alpha value is -0.396. The van der Waals surface area contributed by atoms with Crippen LogP contribution < -0.4 is 0 Å². The van der Waals surface area contributed by atoms with Crippen LogP contribution in [0.25, 0.3) is 4.78 Å². The number of phenols is 1. The Morgan fingerprint density at radius 1 is 1.05 bits per heavy atom. The van der Waals surface area contributed by atoms with Crippen molar-refractivity contribution in [3.8, 4) is 5.75 Å². The van der Waals surface area contributed by atoms with Crippen molar-refractivity contribution in [1.29, 1.82) is 0 Å². The van der Waals surface area contributed by atoms with Crippen molar-refractivity contribution in [3.63, 3.8) is 0 Å². The van der Waals surface area contributed by atoms with Crippen LogP contribution >= 0.6 is 0 Å². The summed E-state index contributed by atoms with van der Waals surface area (Å²) in [6.07, 6.45) is 0.835. The summed E-state index contributed by atoms with van der Waals surface area (Å²) < 4.78 is 20.0. The molecule has 0 saturated carbocycles. The maximum Gasteiger partial charge on any atom is 0.129 e. The van der Waals surface area contributed by atoms with Crippen LogP contribution in [0.3, 0.4) is 0 Å². The van der Waals surface area contributed by atoms with Gasteiger partial charge in [-0.25, -0.2) is 0 Å². The van der Waals surface area contributed by atoms with E-state index < -0.39 is 9.73 Å². The van der Waals surface area contributed by atoms with Gasteiger partial charge in [-0.05, 0) is 46.1 Å². The number of nitrogens with zero attached hydrogens (tertiary/aromatic N) is 1. The molecular weight excluding hydrogens is 314 g/mol. The molecule has 5 nitrogen and oxygen atoms in total. The molecule has 0 spiro atoms. The van der Waals surface area contributed by atoms with Crippen LogP contribution in [0.15, 0.2) is 29.2 Å². The molecule has 0 aromatic heterocycles. The molecule has 7 heteroatoms. The second kappa shape index (κ2) is 12.4. The molecular formula is C13H24NO4STi-. The van der Waals surface area contributed by atoms with Gasteiger partial charge in [0, 0.05) is 33.9 Å². The summed E-state index contributed by atoms with van der Waals surface area (Å²) in [4.78, 5) is 0.0833. The van der Waals surface area contributed by atoms with Gasteiger partial charge in [0.1, 0.15) is 5.75 Å². The van der Waals surface area contributed by atoms with E-state index in [1.807, 2.05) is 0 Å². The minimum Gasteiger partial charge on any atom is -0.747 e. The zero-order valence-corrected chi connectivity index (χ0v) is 14.9. The van der Waals surface area contributed by atoms with E-state index in [1.54, 1.807) is 39.8 Å². The molecule has 1 aromatic carbocycles. The molecule has 0 aliphatic heterocycles. The number of benzene rings is 1. The fraction of sp³-hybridized carbons (Fsp3) is 0.538. The molecule has 3 N–H and O–H groups in total. The number of para-hydroxylation sites is 1.